The Hall–Kier alpha value is -2.74. The van der Waals surface area contributed by atoms with Gasteiger partial charge in [-0.15, -0.1) is 0 Å². The average Bonchev–Trinajstić information content (AvgIpc) is 3.08. The van der Waals surface area contributed by atoms with Gasteiger partial charge in [0.2, 0.25) is 5.91 Å². The number of aromatic nitrogens is 2. The molecule has 0 spiro atoms. The lowest BCUT2D eigenvalue weighted by molar-refractivity contribution is -0.128. The summed E-state index contributed by atoms with van der Waals surface area (Å²) in [6.45, 7) is 2.70. The highest BCUT2D eigenvalue weighted by Crippen LogP contribution is 2.33. The number of H-pyrrole nitrogens is 1. The Morgan fingerprint density at radius 1 is 1.29 bits per heavy atom. The molecule has 3 atom stereocenters. The van der Waals surface area contributed by atoms with E-state index in [9.17, 15) is 14.0 Å². The van der Waals surface area contributed by atoms with E-state index in [1.54, 1.807) is 24.0 Å². The highest BCUT2D eigenvalue weighted by atomic mass is 19.1. The molecule has 7 nitrogen and oxygen atoms in total. The van der Waals surface area contributed by atoms with Crippen molar-refractivity contribution in [2.24, 2.45) is 11.7 Å². The van der Waals surface area contributed by atoms with Gasteiger partial charge in [0.15, 0.2) is 0 Å². The number of halogens is 1. The van der Waals surface area contributed by atoms with Gasteiger partial charge < -0.3 is 20.4 Å². The molecule has 2 fully saturated rings. The molecular weight excluding hydrogens is 363 g/mol. The summed E-state index contributed by atoms with van der Waals surface area (Å²) in [7, 11) is 0. The second-order valence-electron chi connectivity index (χ2n) is 7.45. The first-order chi connectivity index (χ1) is 13.4. The van der Waals surface area contributed by atoms with Crippen molar-refractivity contribution in [3.8, 4) is 11.4 Å². The SMILES string of the molecule is Cc1[nH]c(-c2ccc(F)cc2)nc1C(=O)N1CCO[C@@H]2CC[C@H](C(N)=O)C[C@H]21. The summed E-state index contributed by atoms with van der Waals surface area (Å²) in [5, 5.41) is 0. The number of aryl methyl sites for hydroxylation is 1. The van der Waals surface area contributed by atoms with Gasteiger partial charge in [-0.25, -0.2) is 9.37 Å². The van der Waals surface area contributed by atoms with E-state index in [0.717, 1.165) is 0 Å². The molecule has 0 radical (unpaired) electrons. The Kier molecular flexibility index (Phi) is 4.89. The highest BCUT2D eigenvalue weighted by molar-refractivity contribution is 5.94. The van der Waals surface area contributed by atoms with E-state index in [1.807, 2.05) is 0 Å². The largest absolute Gasteiger partial charge is 0.374 e. The average molecular weight is 386 g/mol. The molecule has 1 aliphatic carbocycles. The maximum atomic E-state index is 13.3. The number of ether oxygens (including phenoxy) is 1. The highest BCUT2D eigenvalue weighted by Gasteiger charge is 2.42. The monoisotopic (exact) mass is 386 g/mol. The zero-order chi connectivity index (χ0) is 19.8. The molecule has 1 saturated heterocycles. The first-order valence-corrected chi connectivity index (χ1v) is 9.48. The molecule has 2 heterocycles. The van der Waals surface area contributed by atoms with Crippen molar-refractivity contribution in [3.63, 3.8) is 0 Å². The minimum absolute atomic E-state index is 0.0795. The Labute approximate surface area is 162 Å². The number of aromatic amines is 1. The normalized spacial score (nSPS) is 24.6. The van der Waals surface area contributed by atoms with Crippen LogP contribution in [0, 0.1) is 18.7 Å². The van der Waals surface area contributed by atoms with Gasteiger partial charge in [-0.05, 0) is 50.5 Å². The number of primary amides is 1. The number of rotatable bonds is 3. The van der Waals surface area contributed by atoms with Crippen molar-refractivity contribution >= 4 is 11.8 Å². The summed E-state index contributed by atoms with van der Waals surface area (Å²) in [4.78, 5) is 34.3. The van der Waals surface area contributed by atoms with E-state index < -0.39 is 0 Å². The Bertz CT molecular complexity index is 895. The summed E-state index contributed by atoms with van der Waals surface area (Å²) in [5.74, 6) is -0.571. The molecule has 2 aliphatic rings. The number of fused-ring (bicyclic) bond motifs is 1. The van der Waals surface area contributed by atoms with Gasteiger partial charge in [-0.3, -0.25) is 9.59 Å². The third-order valence-electron chi connectivity index (χ3n) is 5.69. The molecule has 0 unspecified atom stereocenters. The molecule has 28 heavy (non-hydrogen) atoms. The maximum Gasteiger partial charge on any atom is 0.274 e. The topological polar surface area (TPSA) is 101 Å². The van der Waals surface area contributed by atoms with Gasteiger partial charge >= 0.3 is 0 Å². The number of nitrogens with two attached hydrogens (primary N) is 1. The van der Waals surface area contributed by atoms with Crippen molar-refractivity contribution < 1.29 is 18.7 Å². The molecule has 2 aromatic rings. The van der Waals surface area contributed by atoms with E-state index in [1.165, 1.54) is 12.1 Å². The molecule has 1 aliphatic heterocycles. The molecule has 1 aromatic carbocycles. The number of nitrogens with one attached hydrogen (secondary N) is 1. The molecule has 1 aromatic heterocycles. The van der Waals surface area contributed by atoms with E-state index in [-0.39, 0.29) is 35.7 Å². The molecule has 4 rings (SSSR count). The fourth-order valence-corrected chi connectivity index (χ4v) is 4.17. The van der Waals surface area contributed by atoms with E-state index >= 15 is 0 Å². The summed E-state index contributed by atoms with van der Waals surface area (Å²) >= 11 is 0. The number of hydrogen-bond donors (Lipinski definition) is 2. The van der Waals surface area contributed by atoms with Crippen LogP contribution in [0.5, 0.6) is 0 Å². The molecule has 3 N–H and O–H groups in total. The summed E-state index contributed by atoms with van der Waals surface area (Å²) in [5.41, 5.74) is 7.18. The molecule has 148 valence electrons. The van der Waals surface area contributed by atoms with Crippen LogP contribution in [0.15, 0.2) is 24.3 Å². The van der Waals surface area contributed by atoms with Crippen LogP contribution in [-0.2, 0) is 9.53 Å². The van der Waals surface area contributed by atoms with Crippen LogP contribution in [0.3, 0.4) is 0 Å². The first-order valence-electron chi connectivity index (χ1n) is 9.48. The lowest BCUT2D eigenvalue weighted by atomic mass is 9.81. The second kappa shape index (κ2) is 7.35. The third-order valence-corrected chi connectivity index (χ3v) is 5.69. The lowest BCUT2D eigenvalue weighted by Crippen LogP contribution is -2.57. The number of benzene rings is 1. The summed E-state index contributed by atoms with van der Waals surface area (Å²) in [6, 6.07) is 5.76. The minimum atomic E-state index is -0.330. The third kappa shape index (κ3) is 3.40. The zero-order valence-corrected chi connectivity index (χ0v) is 15.7. The molecule has 0 bridgehead atoms. The summed E-state index contributed by atoms with van der Waals surface area (Å²) in [6.07, 6.45) is 1.83. The van der Waals surface area contributed by atoms with Crippen LogP contribution < -0.4 is 5.73 Å². The maximum absolute atomic E-state index is 13.3. The van der Waals surface area contributed by atoms with Crippen molar-refractivity contribution in [3.05, 3.63) is 41.5 Å². The first kappa shape index (κ1) is 18.6. The number of nitrogens with zero attached hydrogens (tertiary/aromatic N) is 2. The number of morpholine rings is 1. The number of carbonyl (C=O) groups is 2. The van der Waals surface area contributed by atoms with Gasteiger partial charge in [0.05, 0.1) is 18.8 Å². The predicted molar refractivity (Wildman–Crippen MR) is 99.8 cm³/mol. The van der Waals surface area contributed by atoms with Gasteiger partial charge in [-0.1, -0.05) is 0 Å². The molecular formula is C20H23FN4O3. The number of hydrogen-bond acceptors (Lipinski definition) is 4. The van der Waals surface area contributed by atoms with Crippen LogP contribution in [0.2, 0.25) is 0 Å². The molecule has 1 saturated carbocycles. The van der Waals surface area contributed by atoms with Gasteiger partial charge in [0.1, 0.15) is 17.3 Å². The van der Waals surface area contributed by atoms with Crippen LogP contribution in [-0.4, -0.2) is 52.0 Å². The quantitative estimate of drug-likeness (QED) is 0.843. The fraction of sp³-hybridized carbons (Fsp3) is 0.450. The molecule has 2 amide bonds. The Morgan fingerprint density at radius 2 is 2.04 bits per heavy atom. The van der Waals surface area contributed by atoms with E-state index in [0.29, 0.717) is 55.2 Å². The van der Waals surface area contributed by atoms with Gasteiger partial charge in [0, 0.05) is 23.7 Å². The number of imidazole rings is 1. The van der Waals surface area contributed by atoms with Crippen LogP contribution in [0.1, 0.15) is 35.4 Å². The second-order valence-corrected chi connectivity index (χ2v) is 7.45. The molecule has 8 heteroatoms. The van der Waals surface area contributed by atoms with Crippen molar-refractivity contribution in [2.45, 2.75) is 38.3 Å². The van der Waals surface area contributed by atoms with Crippen molar-refractivity contribution in [1.82, 2.24) is 14.9 Å². The summed E-state index contributed by atoms with van der Waals surface area (Å²) < 4.78 is 19.0. The standard InChI is InChI=1S/C20H23FN4O3/c1-11-17(24-19(23-11)12-2-5-14(21)6-3-12)20(27)25-8-9-28-16-7-4-13(18(22)26)10-15(16)25/h2-3,5-6,13,15-16H,4,7-10H2,1H3,(H2,22,26)(H,23,24)/t13-,15+,16+/m0/s1. The fourth-order valence-electron chi connectivity index (χ4n) is 4.17. The number of amides is 2. The Balaban J connectivity index is 1.59. The number of carbonyl (C=O) groups excluding carboxylic acids is 2. The van der Waals surface area contributed by atoms with Crippen LogP contribution in [0.25, 0.3) is 11.4 Å². The van der Waals surface area contributed by atoms with E-state index in [2.05, 4.69) is 9.97 Å². The van der Waals surface area contributed by atoms with Crippen molar-refractivity contribution in [1.29, 1.82) is 0 Å². The Morgan fingerprint density at radius 3 is 2.75 bits per heavy atom. The lowest BCUT2D eigenvalue weighted by Gasteiger charge is -2.45. The van der Waals surface area contributed by atoms with Crippen molar-refractivity contribution in [2.75, 3.05) is 13.2 Å². The zero-order valence-electron chi connectivity index (χ0n) is 15.7. The van der Waals surface area contributed by atoms with Crippen LogP contribution in [0.4, 0.5) is 4.39 Å². The van der Waals surface area contributed by atoms with Gasteiger partial charge in [0.25, 0.3) is 5.91 Å². The predicted octanol–water partition coefficient (Wildman–Crippen LogP) is 2.02. The van der Waals surface area contributed by atoms with Gasteiger partial charge in [-0.2, -0.15) is 0 Å². The van der Waals surface area contributed by atoms with E-state index in [4.69, 9.17) is 10.5 Å². The van der Waals surface area contributed by atoms with Crippen LogP contribution >= 0.6 is 0 Å². The minimum Gasteiger partial charge on any atom is -0.374 e. The smallest absolute Gasteiger partial charge is 0.274 e.